The molecule has 2 nitrogen and oxygen atoms in total. The average Bonchev–Trinajstić information content (AvgIpc) is 3.97. The first-order valence-electron chi connectivity index (χ1n) is 22.3. The third-order valence-corrected chi connectivity index (χ3v) is 14.3. The molecule has 0 atom stereocenters. The van der Waals surface area contributed by atoms with E-state index < -0.39 is 5.41 Å². The lowest BCUT2D eigenvalue weighted by Crippen LogP contribution is -2.28. The summed E-state index contributed by atoms with van der Waals surface area (Å²) in [6.45, 7) is 4.80. The van der Waals surface area contributed by atoms with E-state index in [2.05, 4.69) is 237 Å². The standard InChI is InChI=1S/C62H43NO/c1-61(2)51-30-14-11-26-49(51)58-55(39-41-19-9-10-24-45(41)59(58)61)63(44-37-35-40(36-38-44)46-28-17-29-48-47-25-13-16-34-56(47)64-60(46)48)54-33-18-32-53-57(54)50-27-12-15-31-52(50)62(53,42-20-5-3-6-21-42)43-22-7-4-8-23-43/h3-39H,1-2H3. The van der Waals surface area contributed by atoms with Crippen molar-refractivity contribution >= 4 is 49.8 Å². The number of rotatable bonds is 6. The van der Waals surface area contributed by atoms with Crippen molar-refractivity contribution in [2.75, 3.05) is 4.90 Å². The molecule has 0 N–H and O–H groups in total. The van der Waals surface area contributed by atoms with Crippen LogP contribution in [0.2, 0.25) is 0 Å². The van der Waals surface area contributed by atoms with Crippen LogP contribution >= 0.6 is 0 Å². The molecule has 302 valence electrons. The molecular formula is C62H43NO. The molecular weight excluding hydrogens is 775 g/mol. The molecule has 0 bridgehead atoms. The summed E-state index contributed by atoms with van der Waals surface area (Å²) >= 11 is 0. The number of nitrogens with zero attached hydrogens (tertiary/aromatic N) is 1. The van der Waals surface area contributed by atoms with Gasteiger partial charge in [-0.05, 0) is 91.2 Å². The minimum atomic E-state index is -0.537. The second-order valence-electron chi connectivity index (χ2n) is 17.9. The minimum Gasteiger partial charge on any atom is -0.455 e. The maximum absolute atomic E-state index is 6.56. The summed E-state index contributed by atoms with van der Waals surface area (Å²) < 4.78 is 6.56. The molecule has 1 heterocycles. The fraction of sp³-hybridized carbons (Fsp3) is 0.0645. The summed E-state index contributed by atoms with van der Waals surface area (Å²) in [6.07, 6.45) is 0. The molecule has 64 heavy (non-hydrogen) atoms. The van der Waals surface area contributed by atoms with Crippen LogP contribution in [-0.2, 0) is 10.8 Å². The Morgan fingerprint density at radius 1 is 0.406 bits per heavy atom. The number of fused-ring (bicyclic) bond motifs is 11. The molecule has 0 fully saturated rings. The summed E-state index contributed by atoms with van der Waals surface area (Å²) in [7, 11) is 0. The van der Waals surface area contributed by atoms with Crippen LogP contribution in [0.1, 0.15) is 47.2 Å². The molecule has 0 saturated heterocycles. The second kappa shape index (κ2) is 13.8. The van der Waals surface area contributed by atoms with Crippen LogP contribution in [0.25, 0.3) is 66.1 Å². The summed E-state index contributed by atoms with van der Waals surface area (Å²) in [5.41, 5.74) is 19.5. The SMILES string of the molecule is CC1(C)c2ccccc2-c2c(N(c3ccc(-c4cccc5c4oc4ccccc45)cc3)c3cccc4c3-c3ccccc3C4(c3ccccc3)c3ccccc3)cc3ccccc3c21. The zero-order valence-corrected chi connectivity index (χ0v) is 35.7. The first-order valence-corrected chi connectivity index (χ1v) is 22.3. The van der Waals surface area contributed by atoms with Gasteiger partial charge in [0.05, 0.1) is 16.8 Å². The largest absolute Gasteiger partial charge is 0.455 e. The Morgan fingerprint density at radius 3 is 1.72 bits per heavy atom. The van der Waals surface area contributed by atoms with E-state index in [1.165, 1.54) is 72.1 Å². The summed E-state index contributed by atoms with van der Waals surface area (Å²) in [5, 5.41) is 4.79. The molecule has 0 radical (unpaired) electrons. The molecule has 10 aromatic carbocycles. The van der Waals surface area contributed by atoms with Gasteiger partial charge >= 0.3 is 0 Å². The Morgan fingerprint density at radius 2 is 0.969 bits per heavy atom. The minimum absolute atomic E-state index is 0.219. The Kier molecular flexibility index (Phi) is 7.90. The van der Waals surface area contributed by atoms with Crippen molar-refractivity contribution in [2.24, 2.45) is 0 Å². The number of hydrogen-bond donors (Lipinski definition) is 0. The van der Waals surface area contributed by atoms with Gasteiger partial charge in [0.1, 0.15) is 11.2 Å². The van der Waals surface area contributed by atoms with Gasteiger partial charge in [0.25, 0.3) is 0 Å². The molecule has 0 aliphatic heterocycles. The molecule has 13 rings (SSSR count). The summed E-state index contributed by atoms with van der Waals surface area (Å²) in [6, 6.07) is 82.8. The Labute approximate surface area is 373 Å². The Bertz CT molecular complexity index is 3590. The molecule has 0 spiro atoms. The highest BCUT2D eigenvalue weighted by atomic mass is 16.3. The van der Waals surface area contributed by atoms with Crippen LogP contribution < -0.4 is 4.90 Å². The number of benzene rings is 10. The topological polar surface area (TPSA) is 16.4 Å². The van der Waals surface area contributed by atoms with Gasteiger partial charge < -0.3 is 9.32 Å². The summed E-state index contributed by atoms with van der Waals surface area (Å²) in [5.74, 6) is 0. The molecule has 2 aliphatic rings. The van der Waals surface area contributed by atoms with E-state index in [0.29, 0.717) is 0 Å². The van der Waals surface area contributed by atoms with E-state index in [-0.39, 0.29) is 5.41 Å². The molecule has 0 unspecified atom stereocenters. The normalized spacial score (nSPS) is 14.0. The maximum atomic E-state index is 6.56. The third kappa shape index (κ3) is 5.02. The van der Waals surface area contributed by atoms with E-state index >= 15 is 0 Å². The smallest absolute Gasteiger partial charge is 0.143 e. The lowest BCUT2D eigenvalue weighted by molar-refractivity contribution is 0.666. The van der Waals surface area contributed by atoms with Crippen LogP contribution in [0.4, 0.5) is 17.1 Å². The maximum Gasteiger partial charge on any atom is 0.143 e. The van der Waals surface area contributed by atoms with Crippen molar-refractivity contribution in [3.8, 4) is 33.4 Å². The van der Waals surface area contributed by atoms with Crippen molar-refractivity contribution in [1.29, 1.82) is 0 Å². The fourth-order valence-electron chi connectivity index (χ4n) is 11.6. The fourth-order valence-corrected chi connectivity index (χ4v) is 11.6. The van der Waals surface area contributed by atoms with Crippen LogP contribution in [0, 0.1) is 0 Å². The van der Waals surface area contributed by atoms with Crippen LogP contribution in [0.3, 0.4) is 0 Å². The highest BCUT2D eigenvalue weighted by Crippen LogP contribution is 2.62. The van der Waals surface area contributed by atoms with Crippen molar-refractivity contribution in [1.82, 2.24) is 0 Å². The summed E-state index contributed by atoms with van der Waals surface area (Å²) in [4.78, 5) is 2.57. The third-order valence-electron chi connectivity index (χ3n) is 14.3. The number of furan rings is 1. The van der Waals surface area contributed by atoms with E-state index in [1.807, 2.05) is 6.07 Å². The number of anilines is 3. The van der Waals surface area contributed by atoms with Gasteiger partial charge in [-0.15, -0.1) is 0 Å². The van der Waals surface area contributed by atoms with Crippen molar-refractivity contribution in [3.63, 3.8) is 0 Å². The van der Waals surface area contributed by atoms with E-state index in [1.54, 1.807) is 0 Å². The van der Waals surface area contributed by atoms with Crippen molar-refractivity contribution < 1.29 is 4.42 Å². The molecule has 1 aromatic heterocycles. The van der Waals surface area contributed by atoms with Crippen LogP contribution in [0.15, 0.2) is 229 Å². The Hall–Kier alpha value is -7.94. The number of hydrogen-bond acceptors (Lipinski definition) is 2. The van der Waals surface area contributed by atoms with Crippen molar-refractivity contribution in [2.45, 2.75) is 24.7 Å². The van der Waals surface area contributed by atoms with Gasteiger partial charge in [-0.1, -0.05) is 208 Å². The van der Waals surface area contributed by atoms with Gasteiger partial charge in [-0.25, -0.2) is 0 Å². The first-order chi connectivity index (χ1) is 31.5. The van der Waals surface area contributed by atoms with Crippen LogP contribution in [0.5, 0.6) is 0 Å². The zero-order chi connectivity index (χ0) is 42.6. The van der Waals surface area contributed by atoms with Gasteiger partial charge in [-0.2, -0.15) is 0 Å². The van der Waals surface area contributed by atoms with Gasteiger partial charge in [0.2, 0.25) is 0 Å². The molecule has 11 aromatic rings. The number of para-hydroxylation sites is 2. The lowest BCUT2D eigenvalue weighted by atomic mass is 9.68. The average molecular weight is 818 g/mol. The quantitative estimate of drug-likeness (QED) is 0.166. The molecule has 2 aliphatic carbocycles. The first kappa shape index (κ1) is 36.7. The molecule has 0 amide bonds. The van der Waals surface area contributed by atoms with Crippen molar-refractivity contribution in [3.05, 3.63) is 258 Å². The highest BCUT2D eigenvalue weighted by molar-refractivity contribution is 6.10. The van der Waals surface area contributed by atoms with E-state index in [4.69, 9.17) is 4.42 Å². The molecule has 0 saturated carbocycles. The van der Waals surface area contributed by atoms with Gasteiger partial charge in [0.15, 0.2) is 0 Å². The lowest BCUT2D eigenvalue weighted by Gasteiger charge is -2.35. The predicted octanol–water partition coefficient (Wildman–Crippen LogP) is 16.5. The monoisotopic (exact) mass is 817 g/mol. The highest BCUT2D eigenvalue weighted by Gasteiger charge is 2.48. The predicted molar refractivity (Wildman–Crippen MR) is 266 cm³/mol. The van der Waals surface area contributed by atoms with E-state index in [9.17, 15) is 0 Å². The van der Waals surface area contributed by atoms with Crippen LogP contribution in [-0.4, -0.2) is 0 Å². The van der Waals surface area contributed by atoms with Gasteiger partial charge in [0, 0.05) is 38.6 Å². The van der Waals surface area contributed by atoms with E-state index in [0.717, 1.165) is 44.4 Å². The Balaban J connectivity index is 1.12. The molecule has 2 heteroatoms. The van der Waals surface area contributed by atoms with Gasteiger partial charge in [-0.3, -0.25) is 0 Å². The zero-order valence-electron chi connectivity index (χ0n) is 35.7. The second-order valence-corrected chi connectivity index (χ2v) is 17.9.